The smallest absolute Gasteiger partial charge is 0.241 e. The summed E-state index contributed by atoms with van der Waals surface area (Å²) in [6, 6.07) is 6.96. The Morgan fingerprint density at radius 1 is 1.04 bits per heavy atom. The van der Waals surface area contributed by atoms with Crippen LogP contribution in [0.1, 0.15) is 54.0 Å². The van der Waals surface area contributed by atoms with E-state index in [-0.39, 0.29) is 41.0 Å². The molecule has 0 heterocycles. The number of hydrogen-bond donors (Lipinski definition) is 3. The predicted octanol–water partition coefficient (Wildman–Crippen LogP) is 3.24. The number of rotatable bonds is 5. The quantitative estimate of drug-likeness (QED) is 0.332. The van der Waals surface area contributed by atoms with Crippen LogP contribution in [-0.4, -0.2) is 32.0 Å². The van der Waals surface area contributed by atoms with Crippen LogP contribution in [0, 0.1) is 0 Å². The molecule has 0 unspecified atom stereocenters. The van der Waals surface area contributed by atoms with E-state index in [9.17, 15) is 8.42 Å². The molecule has 3 N–H and O–H groups in total. The number of nitrogens with one attached hydrogen (secondary N) is 3. The van der Waals surface area contributed by atoms with E-state index < -0.39 is 15.6 Å². The fourth-order valence-corrected chi connectivity index (χ4v) is 3.83. The third-order valence-electron chi connectivity index (χ3n) is 2.95. The number of guanidine groups is 1. The van der Waals surface area contributed by atoms with E-state index in [2.05, 4.69) is 20.3 Å². The molecule has 0 aliphatic rings. The Balaban J connectivity index is 0.00000625. The summed E-state index contributed by atoms with van der Waals surface area (Å²) in [5, 5.41) is 6.48. The normalized spacial score (nSPS) is 13.1. The first-order valence-corrected chi connectivity index (χ1v) is 10.0. The van der Waals surface area contributed by atoms with Crippen molar-refractivity contribution in [3.8, 4) is 0 Å². The predicted molar refractivity (Wildman–Crippen MR) is 120 cm³/mol. The van der Waals surface area contributed by atoms with Gasteiger partial charge in [0, 0.05) is 17.6 Å². The molecule has 26 heavy (non-hydrogen) atoms. The maximum Gasteiger partial charge on any atom is 0.241 e. The zero-order valence-electron chi connectivity index (χ0n) is 16.8. The average molecular weight is 496 g/mol. The molecular weight excluding hydrogens is 463 g/mol. The molecule has 6 nitrogen and oxygen atoms in total. The van der Waals surface area contributed by atoms with Crippen LogP contribution in [0.25, 0.3) is 0 Å². The summed E-state index contributed by atoms with van der Waals surface area (Å²) in [6.45, 7) is 14.6. The Kier molecular flexibility index (Phi) is 9.56. The third kappa shape index (κ3) is 9.18. The van der Waals surface area contributed by atoms with E-state index in [0.717, 1.165) is 6.54 Å². The Bertz CT molecular complexity index is 705. The van der Waals surface area contributed by atoms with Crippen LogP contribution < -0.4 is 15.4 Å². The number of benzene rings is 1. The van der Waals surface area contributed by atoms with Crippen LogP contribution in [0.3, 0.4) is 0 Å². The molecule has 0 aliphatic carbocycles. The van der Waals surface area contributed by atoms with Gasteiger partial charge in [-0.05, 0) is 60.1 Å². The molecule has 150 valence electrons. The van der Waals surface area contributed by atoms with Gasteiger partial charge >= 0.3 is 0 Å². The van der Waals surface area contributed by atoms with Crippen molar-refractivity contribution < 1.29 is 8.42 Å². The van der Waals surface area contributed by atoms with Gasteiger partial charge < -0.3 is 10.6 Å². The summed E-state index contributed by atoms with van der Waals surface area (Å²) in [5.41, 5.74) is -0.0245. The molecule has 0 atom stereocenters. The molecule has 1 aromatic carbocycles. The molecule has 8 heteroatoms. The molecule has 0 aromatic heterocycles. The van der Waals surface area contributed by atoms with Crippen molar-refractivity contribution in [1.29, 1.82) is 0 Å². The highest BCUT2D eigenvalue weighted by molar-refractivity contribution is 14.0. The number of sulfonamides is 1. The minimum atomic E-state index is -3.60. The van der Waals surface area contributed by atoms with Crippen molar-refractivity contribution in [3.63, 3.8) is 0 Å². The first kappa shape index (κ1) is 25.1. The summed E-state index contributed by atoms with van der Waals surface area (Å²) in [4.78, 5) is 4.81. The van der Waals surface area contributed by atoms with Crippen LogP contribution >= 0.6 is 24.0 Å². The van der Waals surface area contributed by atoms with E-state index in [1.165, 1.54) is 0 Å². The maximum absolute atomic E-state index is 12.7. The SMILES string of the molecule is CCNC(=NCc1ccccc1S(=O)(=O)NC(C)(C)C)NC(C)(C)C.I. The fourth-order valence-electron chi connectivity index (χ4n) is 2.18. The molecule has 1 rings (SSSR count). The average Bonchev–Trinajstić information content (AvgIpc) is 2.41. The van der Waals surface area contributed by atoms with Crippen LogP contribution in [0.5, 0.6) is 0 Å². The zero-order chi connectivity index (χ0) is 19.3. The lowest BCUT2D eigenvalue weighted by Gasteiger charge is -2.24. The molecule has 0 bridgehead atoms. The summed E-state index contributed by atoms with van der Waals surface area (Å²) in [5.74, 6) is 0.658. The molecule has 0 radical (unpaired) electrons. The van der Waals surface area contributed by atoms with Gasteiger partial charge in [0.2, 0.25) is 10.0 Å². The van der Waals surface area contributed by atoms with Crippen LogP contribution in [0.15, 0.2) is 34.2 Å². The van der Waals surface area contributed by atoms with E-state index in [1.54, 1.807) is 18.2 Å². The van der Waals surface area contributed by atoms with E-state index >= 15 is 0 Å². The highest BCUT2D eigenvalue weighted by atomic mass is 127. The zero-order valence-corrected chi connectivity index (χ0v) is 20.0. The molecule has 0 saturated carbocycles. The lowest BCUT2D eigenvalue weighted by atomic mass is 10.1. The Morgan fingerprint density at radius 3 is 2.12 bits per heavy atom. The van der Waals surface area contributed by atoms with Crippen molar-refractivity contribution in [1.82, 2.24) is 15.4 Å². The van der Waals surface area contributed by atoms with Crippen molar-refractivity contribution in [2.75, 3.05) is 6.54 Å². The lowest BCUT2D eigenvalue weighted by molar-refractivity contribution is 0.490. The molecular formula is C18H33IN4O2S. The summed E-state index contributed by atoms with van der Waals surface area (Å²) < 4.78 is 28.0. The minimum absolute atomic E-state index is 0. The lowest BCUT2D eigenvalue weighted by Crippen LogP contribution is -2.47. The van der Waals surface area contributed by atoms with Crippen molar-refractivity contribution in [2.45, 2.75) is 71.0 Å². The second-order valence-electron chi connectivity index (χ2n) is 8.03. The van der Waals surface area contributed by atoms with Crippen molar-refractivity contribution >= 4 is 40.0 Å². The fraction of sp³-hybridized carbons (Fsp3) is 0.611. The van der Waals surface area contributed by atoms with E-state index in [4.69, 9.17) is 0 Å². The first-order chi connectivity index (χ1) is 11.3. The van der Waals surface area contributed by atoms with Gasteiger partial charge in [-0.15, -0.1) is 24.0 Å². The molecule has 0 saturated heterocycles. The van der Waals surface area contributed by atoms with Crippen LogP contribution in [0.2, 0.25) is 0 Å². The second kappa shape index (κ2) is 9.89. The largest absolute Gasteiger partial charge is 0.357 e. The van der Waals surface area contributed by atoms with Gasteiger partial charge in [0.1, 0.15) is 0 Å². The van der Waals surface area contributed by atoms with Crippen molar-refractivity contribution in [3.05, 3.63) is 29.8 Å². The van der Waals surface area contributed by atoms with Gasteiger partial charge in [-0.2, -0.15) is 0 Å². The third-order valence-corrected chi connectivity index (χ3v) is 4.81. The van der Waals surface area contributed by atoms with Crippen LogP contribution in [0.4, 0.5) is 0 Å². The maximum atomic E-state index is 12.7. The topological polar surface area (TPSA) is 82.6 Å². The summed E-state index contributed by atoms with van der Waals surface area (Å²) >= 11 is 0. The van der Waals surface area contributed by atoms with Gasteiger partial charge in [0.15, 0.2) is 5.96 Å². The van der Waals surface area contributed by atoms with E-state index in [0.29, 0.717) is 11.5 Å². The number of aliphatic imine (C=N–C) groups is 1. The van der Waals surface area contributed by atoms with Gasteiger partial charge in [-0.3, -0.25) is 0 Å². The van der Waals surface area contributed by atoms with Crippen molar-refractivity contribution in [2.24, 2.45) is 4.99 Å². The Labute approximate surface area is 175 Å². The van der Waals surface area contributed by atoms with Crippen LogP contribution in [-0.2, 0) is 16.6 Å². The number of hydrogen-bond acceptors (Lipinski definition) is 3. The minimum Gasteiger partial charge on any atom is -0.357 e. The monoisotopic (exact) mass is 496 g/mol. The highest BCUT2D eigenvalue weighted by Gasteiger charge is 2.24. The van der Waals surface area contributed by atoms with Gasteiger partial charge in [-0.1, -0.05) is 18.2 Å². The van der Waals surface area contributed by atoms with Gasteiger partial charge in [0.05, 0.1) is 11.4 Å². The first-order valence-electron chi connectivity index (χ1n) is 8.52. The molecule has 0 spiro atoms. The van der Waals surface area contributed by atoms with Gasteiger partial charge in [-0.25, -0.2) is 18.1 Å². The van der Waals surface area contributed by atoms with Gasteiger partial charge in [0.25, 0.3) is 0 Å². The standard InChI is InChI=1S/C18H32N4O2S.HI/c1-8-19-16(21-17(2,3)4)20-13-14-11-9-10-12-15(14)25(23,24)22-18(5,6)7;/h9-12,22H,8,13H2,1-7H3,(H2,19,20,21);1H. The molecule has 0 fully saturated rings. The number of halogens is 1. The molecule has 0 amide bonds. The molecule has 1 aromatic rings. The number of nitrogens with zero attached hydrogens (tertiary/aromatic N) is 1. The second-order valence-corrected chi connectivity index (χ2v) is 9.68. The Hall–Kier alpha value is -0.870. The highest BCUT2D eigenvalue weighted by Crippen LogP contribution is 2.18. The summed E-state index contributed by atoms with van der Waals surface area (Å²) in [7, 11) is -3.60. The van der Waals surface area contributed by atoms with E-state index in [1.807, 2.05) is 54.5 Å². The Morgan fingerprint density at radius 2 is 1.62 bits per heavy atom. The summed E-state index contributed by atoms with van der Waals surface area (Å²) in [6.07, 6.45) is 0. The molecule has 0 aliphatic heterocycles.